The molecule has 1 atom stereocenters. The van der Waals surface area contributed by atoms with Crippen LogP contribution in [0.3, 0.4) is 0 Å². The summed E-state index contributed by atoms with van der Waals surface area (Å²) in [6, 6.07) is 17.8. The van der Waals surface area contributed by atoms with Crippen LogP contribution in [-0.4, -0.2) is 27.9 Å². The summed E-state index contributed by atoms with van der Waals surface area (Å²) in [6.07, 6.45) is 7.27. The molecule has 4 rings (SSSR count). The highest BCUT2D eigenvalue weighted by molar-refractivity contribution is 5.48. The predicted octanol–water partition coefficient (Wildman–Crippen LogP) is 4.11. The fourth-order valence-corrected chi connectivity index (χ4v) is 3.62. The zero-order valence-electron chi connectivity index (χ0n) is 15.9. The molecule has 1 aliphatic rings. The van der Waals surface area contributed by atoms with Gasteiger partial charge in [0.2, 0.25) is 0 Å². The molecule has 140 valence electrons. The Morgan fingerprint density at radius 2 is 1.63 bits per heavy atom. The van der Waals surface area contributed by atoms with E-state index in [1.54, 1.807) is 17.3 Å². The smallest absolute Gasteiger partial charge is 0.138 e. The summed E-state index contributed by atoms with van der Waals surface area (Å²) in [6.45, 7) is 5.46. The Morgan fingerprint density at radius 1 is 0.926 bits per heavy atom. The third-order valence-electron chi connectivity index (χ3n) is 5.35. The second-order valence-corrected chi connectivity index (χ2v) is 7.25. The van der Waals surface area contributed by atoms with Gasteiger partial charge in [0.25, 0.3) is 0 Å². The molecule has 0 saturated carbocycles. The zero-order chi connectivity index (χ0) is 18.5. The summed E-state index contributed by atoms with van der Waals surface area (Å²) in [7, 11) is 0. The SMILES string of the molecule is CC(NCc1ccc(N2CCCCC2)cc1)c1ccc(-n2cncn2)cc1. The van der Waals surface area contributed by atoms with Crippen LogP contribution in [0.1, 0.15) is 43.4 Å². The van der Waals surface area contributed by atoms with Crippen LogP contribution in [0.25, 0.3) is 5.69 Å². The van der Waals surface area contributed by atoms with Gasteiger partial charge in [-0.25, -0.2) is 9.67 Å². The molecule has 1 fully saturated rings. The maximum absolute atomic E-state index is 4.16. The molecule has 1 saturated heterocycles. The van der Waals surface area contributed by atoms with E-state index in [2.05, 4.69) is 75.8 Å². The van der Waals surface area contributed by atoms with E-state index in [9.17, 15) is 0 Å². The van der Waals surface area contributed by atoms with Crippen LogP contribution in [0.2, 0.25) is 0 Å². The maximum Gasteiger partial charge on any atom is 0.138 e. The molecule has 27 heavy (non-hydrogen) atoms. The molecule has 0 aliphatic carbocycles. The molecule has 1 N–H and O–H groups in total. The molecular formula is C22H27N5. The van der Waals surface area contributed by atoms with Crippen molar-refractivity contribution in [3.63, 3.8) is 0 Å². The van der Waals surface area contributed by atoms with E-state index in [-0.39, 0.29) is 6.04 Å². The van der Waals surface area contributed by atoms with Crippen molar-refractivity contribution in [2.75, 3.05) is 18.0 Å². The number of hydrogen-bond donors (Lipinski definition) is 1. The first-order chi connectivity index (χ1) is 13.3. The van der Waals surface area contributed by atoms with Crippen molar-refractivity contribution in [3.05, 3.63) is 72.3 Å². The van der Waals surface area contributed by atoms with Gasteiger partial charge >= 0.3 is 0 Å². The van der Waals surface area contributed by atoms with E-state index in [0.717, 1.165) is 12.2 Å². The van der Waals surface area contributed by atoms with Crippen molar-refractivity contribution in [1.29, 1.82) is 0 Å². The lowest BCUT2D eigenvalue weighted by atomic mass is 10.1. The van der Waals surface area contributed by atoms with Gasteiger partial charge in [0.05, 0.1) is 5.69 Å². The van der Waals surface area contributed by atoms with Crippen molar-refractivity contribution in [1.82, 2.24) is 20.1 Å². The van der Waals surface area contributed by atoms with Gasteiger partial charge in [0.15, 0.2) is 0 Å². The molecule has 1 aromatic heterocycles. The molecule has 1 unspecified atom stereocenters. The fourth-order valence-electron chi connectivity index (χ4n) is 3.62. The first kappa shape index (κ1) is 17.7. The lowest BCUT2D eigenvalue weighted by Gasteiger charge is -2.29. The summed E-state index contributed by atoms with van der Waals surface area (Å²) in [4.78, 5) is 6.49. The molecule has 2 heterocycles. The van der Waals surface area contributed by atoms with Crippen molar-refractivity contribution >= 4 is 5.69 Å². The number of hydrogen-bond acceptors (Lipinski definition) is 4. The molecule has 5 nitrogen and oxygen atoms in total. The summed E-state index contributed by atoms with van der Waals surface area (Å²) < 4.78 is 1.77. The second-order valence-electron chi connectivity index (χ2n) is 7.25. The van der Waals surface area contributed by atoms with E-state index in [1.807, 2.05) is 0 Å². The molecule has 0 radical (unpaired) electrons. The molecule has 5 heteroatoms. The number of nitrogens with zero attached hydrogens (tertiary/aromatic N) is 4. The highest BCUT2D eigenvalue weighted by atomic mass is 15.3. The van der Waals surface area contributed by atoms with Crippen LogP contribution in [0.5, 0.6) is 0 Å². The third kappa shape index (κ3) is 4.37. The van der Waals surface area contributed by atoms with Crippen LogP contribution >= 0.6 is 0 Å². The standard InChI is InChI=1S/C22H27N5/c1-18(20-7-11-22(12-8-20)27-17-23-16-25-27)24-15-19-5-9-21(10-6-19)26-13-3-2-4-14-26/h5-12,16-18,24H,2-4,13-15H2,1H3. The molecule has 2 aromatic carbocycles. The molecule has 1 aliphatic heterocycles. The van der Waals surface area contributed by atoms with Crippen molar-refractivity contribution in [3.8, 4) is 5.69 Å². The predicted molar refractivity (Wildman–Crippen MR) is 109 cm³/mol. The van der Waals surface area contributed by atoms with Gasteiger partial charge in [-0.1, -0.05) is 24.3 Å². The highest BCUT2D eigenvalue weighted by Gasteiger charge is 2.11. The normalized spacial score (nSPS) is 15.7. The second kappa shape index (κ2) is 8.35. The van der Waals surface area contributed by atoms with Crippen LogP contribution in [0.15, 0.2) is 61.2 Å². The maximum atomic E-state index is 4.16. The topological polar surface area (TPSA) is 46.0 Å². The molecule has 0 bridgehead atoms. The van der Waals surface area contributed by atoms with E-state index in [0.29, 0.717) is 0 Å². The number of rotatable bonds is 6. The van der Waals surface area contributed by atoms with Gasteiger partial charge in [-0.3, -0.25) is 0 Å². The van der Waals surface area contributed by atoms with E-state index in [1.165, 1.54) is 49.2 Å². The molecule has 3 aromatic rings. The van der Waals surface area contributed by atoms with Gasteiger partial charge in [-0.15, -0.1) is 0 Å². The molecule has 0 amide bonds. The number of piperidine rings is 1. The minimum absolute atomic E-state index is 0.288. The Kier molecular flexibility index (Phi) is 5.49. The van der Waals surface area contributed by atoms with Gasteiger partial charge < -0.3 is 10.2 Å². The fraction of sp³-hybridized carbons (Fsp3) is 0.364. The number of anilines is 1. The average Bonchev–Trinajstić information content (AvgIpc) is 3.28. The first-order valence-electron chi connectivity index (χ1n) is 9.82. The molecule has 0 spiro atoms. The first-order valence-corrected chi connectivity index (χ1v) is 9.82. The number of benzene rings is 2. The van der Waals surface area contributed by atoms with E-state index < -0.39 is 0 Å². The number of aromatic nitrogens is 3. The highest BCUT2D eigenvalue weighted by Crippen LogP contribution is 2.21. The Morgan fingerprint density at radius 3 is 2.30 bits per heavy atom. The van der Waals surface area contributed by atoms with Crippen LogP contribution < -0.4 is 10.2 Å². The quantitative estimate of drug-likeness (QED) is 0.718. The van der Waals surface area contributed by atoms with E-state index >= 15 is 0 Å². The lowest BCUT2D eigenvalue weighted by Crippen LogP contribution is -2.29. The van der Waals surface area contributed by atoms with Crippen molar-refractivity contribution < 1.29 is 0 Å². The number of nitrogens with one attached hydrogen (secondary N) is 1. The van der Waals surface area contributed by atoms with Crippen molar-refractivity contribution in [2.24, 2.45) is 0 Å². The van der Waals surface area contributed by atoms with E-state index in [4.69, 9.17) is 0 Å². The van der Waals surface area contributed by atoms with Gasteiger partial charge in [0, 0.05) is 31.4 Å². The molecular weight excluding hydrogens is 334 g/mol. The largest absolute Gasteiger partial charge is 0.372 e. The van der Waals surface area contributed by atoms with Crippen molar-refractivity contribution in [2.45, 2.75) is 38.8 Å². The Labute approximate surface area is 161 Å². The summed E-state index contributed by atoms with van der Waals surface area (Å²) in [5, 5.41) is 7.78. The zero-order valence-corrected chi connectivity index (χ0v) is 15.9. The van der Waals surface area contributed by atoms with Gasteiger partial charge in [-0.05, 0) is 61.6 Å². The summed E-state index contributed by atoms with van der Waals surface area (Å²) in [5.41, 5.74) is 4.97. The van der Waals surface area contributed by atoms with Gasteiger partial charge in [-0.2, -0.15) is 5.10 Å². The lowest BCUT2D eigenvalue weighted by molar-refractivity contribution is 0.572. The Hall–Kier alpha value is -2.66. The average molecular weight is 361 g/mol. The van der Waals surface area contributed by atoms with Gasteiger partial charge in [0.1, 0.15) is 12.7 Å². The Balaban J connectivity index is 1.32. The van der Waals surface area contributed by atoms with Crippen LogP contribution in [-0.2, 0) is 6.54 Å². The van der Waals surface area contributed by atoms with Crippen LogP contribution in [0, 0.1) is 0 Å². The summed E-state index contributed by atoms with van der Waals surface area (Å²) >= 11 is 0. The minimum atomic E-state index is 0.288. The van der Waals surface area contributed by atoms with Crippen LogP contribution in [0.4, 0.5) is 5.69 Å². The minimum Gasteiger partial charge on any atom is -0.372 e. The Bertz CT molecular complexity index is 818. The third-order valence-corrected chi connectivity index (χ3v) is 5.35. The monoisotopic (exact) mass is 361 g/mol. The summed E-state index contributed by atoms with van der Waals surface area (Å²) in [5.74, 6) is 0.